The van der Waals surface area contributed by atoms with Crippen LogP contribution in [0, 0.1) is 11.3 Å². The van der Waals surface area contributed by atoms with Crippen molar-refractivity contribution < 1.29 is 33.2 Å². The van der Waals surface area contributed by atoms with E-state index < -0.39 is 49.3 Å². The Hall–Kier alpha value is -2.49. The number of hydrogen-bond acceptors (Lipinski definition) is 7. The Bertz CT molecular complexity index is 934. The first-order valence-corrected chi connectivity index (χ1v) is 12.5. The van der Waals surface area contributed by atoms with Gasteiger partial charge in [-0.15, -0.1) is 0 Å². The number of alkyl carbamates (subject to hydrolysis) is 1. The fraction of sp³-hybridized carbons (Fsp3) is 0.708. The summed E-state index contributed by atoms with van der Waals surface area (Å²) in [5.74, 6) is -3.31. The van der Waals surface area contributed by atoms with Gasteiger partial charge in [-0.1, -0.05) is 11.6 Å². The predicted octanol–water partition coefficient (Wildman–Crippen LogP) is 2.22. The molecule has 36 heavy (non-hydrogen) atoms. The maximum absolute atomic E-state index is 13.7. The van der Waals surface area contributed by atoms with Gasteiger partial charge in [0.25, 0.3) is 11.8 Å². The highest BCUT2D eigenvalue weighted by atomic mass is 19.3. The van der Waals surface area contributed by atoms with Crippen molar-refractivity contribution in [3.05, 3.63) is 23.3 Å². The van der Waals surface area contributed by atoms with Crippen LogP contribution in [0.1, 0.15) is 52.4 Å². The van der Waals surface area contributed by atoms with Gasteiger partial charge in [0, 0.05) is 31.4 Å². The number of nitrogens with zero attached hydrogens (tertiary/aromatic N) is 3. The number of likely N-dealkylation sites (tertiary alicyclic amines) is 2. The third kappa shape index (κ3) is 7.51. The molecule has 2 fully saturated rings. The average Bonchev–Trinajstić information content (AvgIpc) is 3.46. The van der Waals surface area contributed by atoms with E-state index in [1.54, 1.807) is 18.7 Å². The molecule has 0 bridgehead atoms. The van der Waals surface area contributed by atoms with Crippen LogP contribution >= 0.6 is 0 Å². The molecule has 3 N–H and O–H groups in total. The predicted molar refractivity (Wildman–Crippen MR) is 129 cm³/mol. The van der Waals surface area contributed by atoms with Gasteiger partial charge in [-0.2, -0.15) is 5.26 Å². The first-order chi connectivity index (χ1) is 16.9. The molecule has 0 spiro atoms. The van der Waals surface area contributed by atoms with E-state index in [9.17, 15) is 33.7 Å². The summed E-state index contributed by atoms with van der Waals surface area (Å²) in [5, 5.41) is 31.1. The lowest BCUT2D eigenvalue weighted by molar-refractivity contribution is -0.129. The smallest absolute Gasteiger partial charge is 0.444 e. The lowest BCUT2D eigenvalue weighted by Crippen LogP contribution is -2.47. The zero-order valence-electron chi connectivity index (χ0n) is 20.9. The summed E-state index contributed by atoms with van der Waals surface area (Å²) in [6.07, 6.45) is 5.48. The van der Waals surface area contributed by atoms with Crippen LogP contribution in [0.25, 0.3) is 0 Å². The number of allylic oxidation sites excluding steroid dienone is 1. The van der Waals surface area contributed by atoms with E-state index in [1.165, 1.54) is 11.0 Å². The Balaban J connectivity index is 1.60. The fourth-order valence-corrected chi connectivity index (χ4v) is 5.06. The summed E-state index contributed by atoms with van der Waals surface area (Å²) in [7, 11) is -1.58. The number of alkyl halides is 2. The normalized spacial score (nSPS) is 23.6. The van der Waals surface area contributed by atoms with Gasteiger partial charge in [-0.05, 0) is 52.0 Å². The number of halogens is 2. The Morgan fingerprint density at radius 3 is 2.72 bits per heavy atom. The van der Waals surface area contributed by atoms with Crippen molar-refractivity contribution >= 4 is 19.1 Å². The first-order valence-electron chi connectivity index (χ1n) is 12.5. The summed E-state index contributed by atoms with van der Waals surface area (Å²) < 4.78 is 32.9. The summed E-state index contributed by atoms with van der Waals surface area (Å²) in [6, 6.07) is 1.37. The van der Waals surface area contributed by atoms with Crippen molar-refractivity contribution in [3.8, 4) is 6.07 Å². The SMILES string of the molecule is CC(C)(C=C(C#N)C(=O)N1CCC[C@H](OC(=O)N[C@H](CB(O)O)C2=CCCC2)C1)N1CCC(F)(F)C1. The number of nitriles is 1. The Morgan fingerprint density at radius 2 is 2.14 bits per heavy atom. The molecule has 0 aromatic heterocycles. The van der Waals surface area contributed by atoms with E-state index >= 15 is 0 Å². The Labute approximate surface area is 210 Å². The van der Waals surface area contributed by atoms with Gasteiger partial charge in [0.15, 0.2) is 0 Å². The highest BCUT2D eigenvalue weighted by Gasteiger charge is 2.43. The molecule has 12 heteroatoms. The molecule has 0 radical (unpaired) electrons. The highest BCUT2D eigenvalue weighted by molar-refractivity contribution is 6.41. The van der Waals surface area contributed by atoms with E-state index in [2.05, 4.69) is 5.32 Å². The molecule has 0 aromatic rings. The summed E-state index contributed by atoms with van der Waals surface area (Å²) >= 11 is 0. The largest absolute Gasteiger partial charge is 0.453 e. The van der Waals surface area contributed by atoms with Crippen molar-refractivity contribution in [2.45, 2.75) is 82.3 Å². The molecule has 2 aliphatic heterocycles. The van der Waals surface area contributed by atoms with Crippen LogP contribution in [-0.4, -0.2) is 88.8 Å². The van der Waals surface area contributed by atoms with E-state index in [-0.39, 0.29) is 31.4 Å². The maximum Gasteiger partial charge on any atom is 0.453 e. The van der Waals surface area contributed by atoms with Crippen molar-refractivity contribution in [2.24, 2.45) is 0 Å². The molecule has 198 valence electrons. The van der Waals surface area contributed by atoms with Gasteiger partial charge >= 0.3 is 13.2 Å². The number of carbonyl (C=O) groups is 2. The number of amides is 2. The van der Waals surface area contributed by atoms with Crippen molar-refractivity contribution in [3.63, 3.8) is 0 Å². The summed E-state index contributed by atoms with van der Waals surface area (Å²) in [4.78, 5) is 28.7. The van der Waals surface area contributed by atoms with Gasteiger partial charge in [-0.25, -0.2) is 13.6 Å². The third-order valence-corrected chi connectivity index (χ3v) is 7.03. The van der Waals surface area contributed by atoms with Crippen LogP contribution in [0.4, 0.5) is 13.6 Å². The summed E-state index contributed by atoms with van der Waals surface area (Å²) in [6.45, 7) is 3.62. The molecule has 3 aliphatic rings. The van der Waals surface area contributed by atoms with E-state index in [0.29, 0.717) is 19.4 Å². The Kier molecular flexibility index (Phi) is 9.14. The minimum atomic E-state index is -2.79. The molecule has 0 saturated carbocycles. The van der Waals surface area contributed by atoms with E-state index in [4.69, 9.17) is 4.74 Å². The zero-order chi connectivity index (χ0) is 26.5. The second-order valence-electron chi connectivity index (χ2n) is 10.4. The van der Waals surface area contributed by atoms with Crippen molar-refractivity contribution in [1.29, 1.82) is 5.26 Å². The first kappa shape index (κ1) is 28.1. The second kappa shape index (κ2) is 11.7. The number of rotatable bonds is 8. The standard InChI is InChI=1S/C24H35BF2N4O5/c1-23(2,31-11-9-24(26,27)16-31)12-18(14-28)21(32)30-10-5-8-19(15-30)36-22(33)29-20(13-25(34)35)17-6-3-4-7-17/h6,12,19-20,34-35H,3-5,7-11,13,15-16H2,1-2H3,(H,29,33)/t19-,20+/m0/s1. The Morgan fingerprint density at radius 1 is 1.39 bits per heavy atom. The molecule has 2 heterocycles. The van der Waals surface area contributed by atoms with Crippen LogP contribution in [0.3, 0.4) is 0 Å². The number of hydrogen-bond donors (Lipinski definition) is 3. The molecule has 2 saturated heterocycles. The molecule has 2 atom stereocenters. The molecule has 2 amide bonds. The number of ether oxygens (including phenoxy) is 1. The van der Waals surface area contributed by atoms with Crippen LogP contribution in [0.15, 0.2) is 23.3 Å². The van der Waals surface area contributed by atoms with Gasteiger partial charge < -0.3 is 25.0 Å². The lowest BCUT2D eigenvalue weighted by atomic mass is 9.79. The fourth-order valence-electron chi connectivity index (χ4n) is 5.06. The van der Waals surface area contributed by atoms with Crippen molar-refractivity contribution in [2.75, 3.05) is 26.2 Å². The number of carbonyl (C=O) groups excluding carboxylic acids is 2. The molecule has 0 aromatic carbocycles. The zero-order valence-corrected chi connectivity index (χ0v) is 20.9. The lowest BCUT2D eigenvalue weighted by Gasteiger charge is -2.35. The van der Waals surface area contributed by atoms with Crippen LogP contribution in [0.5, 0.6) is 0 Å². The van der Waals surface area contributed by atoms with Gasteiger partial charge in [0.2, 0.25) is 0 Å². The monoisotopic (exact) mass is 508 g/mol. The quantitative estimate of drug-likeness (QED) is 0.199. The molecule has 3 rings (SSSR count). The van der Waals surface area contributed by atoms with Gasteiger partial charge in [-0.3, -0.25) is 9.69 Å². The van der Waals surface area contributed by atoms with Crippen LogP contribution in [-0.2, 0) is 9.53 Å². The molecular formula is C24H35BF2N4O5. The molecule has 1 aliphatic carbocycles. The average molecular weight is 508 g/mol. The topological polar surface area (TPSA) is 126 Å². The summed E-state index contributed by atoms with van der Waals surface area (Å²) in [5.41, 5.74) is -0.110. The van der Waals surface area contributed by atoms with E-state index in [0.717, 1.165) is 24.8 Å². The maximum atomic E-state index is 13.7. The number of nitrogens with one attached hydrogen (secondary N) is 1. The third-order valence-electron chi connectivity index (χ3n) is 7.03. The van der Waals surface area contributed by atoms with Crippen LogP contribution in [0.2, 0.25) is 6.32 Å². The van der Waals surface area contributed by atoms with Gasteiger partial charge in [0.1, 0.15) is 17.7 Å². The minimum absolute atomic E-state index is 0.0503. The minimum Gasteiger partial charge on any atom is -0.444 e. The molecule has 0 unspecified atom stereocenters. The van der Waals surface area contributed by atoms with E-state index in [1.807, 2.05) is 12.1 Å². The molecule has 9 nitrogen and oxygen atoms in total. The van der Waals surface area contributed by atoms with Gasteiger partial charge in [0.05, 0.1) is 19.1 Å². The van der Waals surface area contributed by atoms with Crippen molar-refractivity contribution in [1.82, 2.24) is 15.1 Å². The molecular weight excluding hydrogens is 473 g/mol. The second-order valence-corrected chi connectivity index (χ2v) is 10.4. The highest BCUT2D eigenvalue weighted by Crippen LogP contribution is 2.33. The number of piperidine rings is 1. The van der Waals surface area contributed by atoms with Crippen LogP contribution < -0.4 is 5.32 Å².